The smallest absolute Gasteiger partial charge is 0.271 e. The first-order chi connectivity index (χ1) is 10.1. The molecule has 1 unspecified atom stereocenters. The summed E-state index contributed by atoms with van der Waals surface area (Å²) in [6, 6.07) is 0.577. The Morgan fingerprint density at radius 2 is 2.29 bits per heavy atom. The minimum Gasteiger partial charge on any atom is -0.369 e. The average molecular weight is 291 g/mol. The van der Waals surface area contributed by atoms with Gasteiger partial charge in [0.05, 0.1) is 12.4 Å². The molecule has 1 atom stereocenters. The number of nitrogens with zero attached hydrogens (tertiary/aromatic N) is 3. The quantitative estimate of drug-likeness (QED) is 0.828. The normalized spacial score (nSPS) is 19.0. The lowest BCUT2D eigenvalue weighted by Crippen LogP contribution is -2.33. The third kappa shape index (κ3) is 4.39. The van der Waals surface area contributed by atoms with Crippen molar-refractivity contribution < 1.29 is 4.79 Å². The summed E-state index contributed by atoms with van der Waals surface area (Å²) in [5, 5.41) is 6.03. The Morgan fingerprint density at radius 1 is 1.48 bits per heavy atom. The molecule has 21 heavy (non-hydrogen) atoms. The fourth-order valence-electron chi connectivity index (χ4n) is 2.57. The number of carbonyl (C=O) groups is 1. The zero-order valence-corrected chi connectivity index (χ0v) is 13.1. The average Bonchev–Trinajstić information content (AvgIpc) is 2.94. The highest BCUT2D eigenvalue weighted by atomic mass is 16.1. The first-order valence-electron chi connectivity index (χ1n) is 7.68. The SMILES string of the molecule is CCNc1cncc(C(=O)NCC2CCN(C(C)C)C2)n1. The van der Waals surface area contributed by atoms with Gasteiger partial charge in [0.25, 0.3) is 5.91 Å². The summed E-state index contributed by atoms with van der Waals surface area (Å²) in [4.78, 5) is 22.9. The van der Waals surface area contributed by atoms with E-state index >= 15 is 0 Å². The standard InChI is InChI=1S/C15H25N5O/c1-4-17-14-9-16-8-13(19-14)15(21)18-7-12-5-6-20(10-12)11(2)3/h8-9,11-12H,4-7,10H2,1-3H3,(H,17,19)(H,18,21). The molecule has 0 spiro atoms. The monoisotopic (exact) mass is 291 g/mol. The fraction of sp³-hybridized carbons (Fsp3) is 0.667. The van der Waals surface area contributed by atoms with Crippen LogP contribution in [0.25, 0.3) is 0 Å². The summed E-state index contributed by atoms with van der Waals surface area (Å²) < 4.78 is 0. The summed E-state index contributed by atoms with van der Waals surface area (Å²) in [6.45, 7) is 10.0. The van der Waals surface area contributed by atoms with E-state index < -0.39 is 0 Å². The van der Waals surface area contributed by atoms with Crippen LogP contribution in [0.4, 0.5) is 5.82 Å². The molecule has 0 aliphatic carbocycles. The summed E-state index contributed by atoms with van der Waals surface area (Å²) in [5.41, 5.74) is 0.368. The van der Waals surface area contributed by atoms with Gasteiger partial charge in [-0.15, -0.1) is 0 Å². The molecule has 2 heterocycles. The molecule has 6 heteroatoms. The van der Waals surface area contributed by atoms with Crippen molar-refractivity contribution >= 4 is 11.7 Å². The van der Waals surface area contributed by atoms with Crippen LogP contribution in [0.15, 0.2) is 12.4 Å². The van der Waals surface area contributed by atoms with Gasteiger partial charge in [-0.05, 0) is 39.7 Å². The molecule has 1 aromatic rings. The largest absolute Gasteiger partial charge is 0.369 e. The molecule has 2 rings (SSSR count). The Bertz CT molecular complexity index is 477. The minimum atomic E-state index is -0.148. The second-order valence-electron chi connectivity index (χ2n) is 5.77. The number of anilines is 1. The van der Waals surface area contributed by atoms with E-state index in [-0.39, 0.29) is 5.91 Å². The van der Waals surface area contributed by atoms with Gasteiger partial charge in [-0.2, -0.15) is 0 Å². The second kappa shape index (κ2) is 7.36. The molecule has 1 fully saturated rings. The van der Waals surface area contributed by atoms with Gasteiger partial charge in [0, 0.05) is 25.7 Å². The van der Waals surface area contributed by atoms with Crippen LogP contribution in [0.5, 0.6) is 0 Å². The molecule has 1 aliphatic heterocycles. The predicted octanol–water partition coefficient (Wildman–Crippen LogP) is 1.37. The maximum atomic E-state index is 12.1. The number of carbonyl (C=O) groups excluding carboxylic acids is 1. The van der Waals surface area contributed by atoms with Crippen molar-refractivity contribution in [1.29, 1.82) is 0 Å². The highest BCUT2D eigenvalue weighted by Gasteiger charge is 2.24. The summed E-state index contributed by atoms with van der Waals surface area (Å²) >= 11 is 0. The highest BCUT2D eigenvalue weighted by molar-refractivity contribution is 5.92. The van der Waals surface area contributed by atoms with Gasteiger partial charge < -0.3 is 15.5 Å². The van der Waals surface area contributed by atoms with Gasteiger partial charge in [-0.1, -0.05) is 0 Å². The van der Waals surface area contributed by atoms with Crippen molar-refractivity contribution in [3.8, 4) is 0 Å². The number of amides is 1. The van der Waals surface area contributed by atoms with Crippen molar-refractivity contribution in [3.05, 3.63) is 18.1 Å². The van der Waals surface area contributed by atoms with E-state index in [1.165, 1.54) is 6.20 Å². The summed E-state index contributed by atoms with van der Waals surface area (Å²) in [7, 11) is 0. The van der Waals surface area contributed by atoms with Gasteiger partial charge in [0.2, 0.25) is 0 Å². The number of aromatic nitrogens is 2. The molecular formula is C15H25N5O. The van der Waals surface area contributed by atoms with Crippen LogP contribution >= 0.6 is 0 Å². The maximum Gasteiger partial charge on any atom is 0.271 e. The van der Waals surface area contributed by atoms with E-state index in [2.05, 4.69) is 39.3 Å². The zero-order valence-electron chi connectivity index (χ0n) is 13.1. The van der Waals surface area contributed by atoms with Crippen molar-refractivity contribution in [2.24, 2.45) is 5.92 Å². The molecule has 0 saturated carbocycles. The van der Waals surface area contributed by atoms with Gasteiger partial charge in [-0.25, -0.2) is 4.98 Å². The van der Waals surface area contributed by atoms with Gasteiger partial charge >= 0.3 is 0 Å². The molecule has 0 aromatic carbocycles. The molecule has 2 N–H and O–H groups in total. The van der Waals surface area contributed by atoms with Gasteiger partial charge in [0.1, 0.15) is 11.5 Å². The van der Waals surface area contributed by atoms with Crippen LogP contribution < -0.4 is 10.6 Å². The van der Waals surface area contributed by atoms with Gasteiger partial charge in [-0.3, -0.25) is 9.78 Å². The van der Waals surface area contributed by atoms with Gasteiger partial charge in [0.15, 0.2) is 0 Å². The lowest BCUT2D eigenvalue weighted by molar-refractivity contribution is 0.0942. The van der Waals surface area contributed by atoms with Crippen molar-refractivity contribution in [2.45, 2.75) is 33.2 Å². The van der Waals surface area contributed by atoms with E-state index in [4.69, 9.17) is 0 Å². The van der Waals surface area contributed by atoms with E-state index in [1.54, 1.807) is 6.20 Å². The predicted molar refractivity (Wildman–Crippen MR) is 83.3 cm³/mol. The number of rotatable bonds is 6. The number of likely N-dealkylation sites (tertiary alicyclic amines) is 1. The Morgan fingerprint density at radius 3 is 2.95 bits per heavy atom. The molecule has 1 saturated heterocycles. The first kappa shape index (κ1) is 15.7. The van der Waals surface area contributed by atoms with Crippen molar-refractivity contribution in [2.75, 3.05) is 31.5 Å². The maximum absolute atomic E-state index is 12.1. The highest BCUT2D eigenvalue weighted by Crippen LogP contribution is 2.17. The van der Waals surface area contributed by atoms with Crippen LogP contribution in [0.3, 0.4) is 0 Å². The third-order valence-electron chi connectivity index (χ3n) is 3.82. The lowest BCUT2D eigenvalue weighted by Gasteiger charge is -2.20. The number of hydrogen-bond donors (Lipinski definition) is 2. The first-order valence-corrected chi connectivity index (χ1v) is 7.68. The van der Waals surface area contributed by atoms with Crippen LogP contribution in [0.2, 0.25) is 0 Å². The molecule has 0 radical (unpaired) electrons. The van der Waals surface area contributed by atoms with E-state index in [1.807, 2.05) is 6.92 Å². The van der Waals surface area contributed by atoms with Crippen molar-refractivity contribution in [3.63, 3.8) is 0 Å². The molecule has 6 nitrogen and oxygen atoms in total. The Balaban J connectivity index is 1.83. The molecule has 0 bridgehead atoms. The Kier molecular flexibility index (Phi) is 5.50. The zero-order chi connectivity index (χ0) is 15.2. The number of hydrogen-bond acceptors (Lipinski definition) is 5. The van der Waals surface area contributed by atoms with E-state index in [0.717, 1.165) is 26.1 Å². The van der Waals surface area contributed by atoms with Crippen molar-refractivity contribution in [1.82, 2.24) is 20.2 Å². The van der Waals surface area contributed by atoms with Crippen LogP contribution in [-0.2, 0) is 0 Å². The van der Waals surface area contributed by atoms with Crippen LogP contribution in [-0.4, -0.2) is 53.0 Å². The minimum absolute atomic E-state index is 0.148. The van der Waals surface area contributed by atoms with Crippen LogP contribution in [0.1, 0.15) is 37.7 Å². The number of nitrogens with one attached hydrogen (secondary N) is 2. The molecule has 1 aliphatic rings. The third-order valence-corrected chi connectivity index (χ3v) is 3.82. The van der Waals surface area contributed by atoms with E-state index in [9.17, 15) is 4.79 Å². The lowest BCUT2D eigenvalue weighted by atomic mass is 10.1. The Hall–Kier alpha value is -1.69. The molecular weight excluding hydrogens is 266 g/mol. The Labute approximate surface area is 126 Å². The summed E-state index contributed by atoms with van der Waals surface area (Å²) in [5.74, 6) is 1.02. The van der Waals surface area contributed by atoms with Crippen LogP contribution in [0, 0.1) is 5.92 Å². The topological polar surface area (TPSA) is 70.2 Å². The molecule has 116 valence electrons. The van der Waals surface area contributed by atoms with E-state index in [0.29, 0.717) is 30.0 Å². The summed E-state index contributed by atoms with van der Waals surface area (Å²) in [6.07, 6.45) is 4.27. The fourth-order valence-corrected chi connectivity index (χ4v) is 2.57. The second-order valence-corrected chi connectivity index (χ2v) is 5.77. The molecule has 1 amide bonds. The molecule has 1 aromatic heterocycles.